The van der Waals surface area contributed by atoms with Crippen LogP contribution in [0.3, 0.4) is 0 Å². The maximum absolute atomic E-state index is 6.29. The van der Waals surface area contributed by atoms with Gasteiger partial charge in [-0.15, -0.1) is 11.3 Å². The van der Waals surface area contributed by atoms with Crippen molar-refractivity contribution in [2.24, 2.45) is 5.73 Å². The van der Waals surface area contributed by atoms with Crippen LogP contribution in [0, 0.1) is 0 Å². The molecule has 1 atom stereocenters. The Kier molecular flexibility index (Phi) is 3.32. The zero-order valence-electron chi connectivity index (χ0n) is 11.8. The fourth-order valence-corrected chi connectivity index (χ4v) is 3.23. The molecule has 0 spiro atoms. The van der Waals surface area contributed by atoms with E-state index in [2.05, 4.69) is 54.8 Å². The maximum atomic E-state index is 6.29. The van der Waals surface area contributed by atoms with Crippen molar-refractivity contribution in [3.8, 4) is 11.3 Å². The second-order valence-electron chi connectivity index (χ2n) is 5.34. The van der Waals surface area contributed by atoms with Gasteiger partial charge in [-0.05, 0) is 24.1 Å². The van der Waals surface area contributed by atoms with Gasteiger partial charge in [0.15, 0.2) is 0 Å². The molecule has 0 aliphatic rings. The Morgan fingerprint density at radius 1 is 1.15 bits per heavy atom. The number of rotatable bonds is 3. The van der Waals surface area contributed by atoms with E-state index >= 15 is 0 Å². The molecule has 0 saturated heterocycles. The first-order valence-corrected chi connectivity index (χ1v) is 7.73. The maximum Gasteiger partial charge on any atom is 0.113 e. The van der Waals surface area contributed by atoms with Gasteiger partial charge in [0.1, 0.15) is 5.01 Å². The van der Waals surface area contributed by atoms with Crippen LogP contribution in [0.25, 0.3) is 22.0 Å². The number of benzene rings is 2. The molecule has 0 bridgehead atoms. The van der Waals surface area contributed by atoms with E-state index in [1.54, 1.807) is 11.3 Å². The van der Waals surface area contributed by atoms with E-state index in [0.717, 1.165) is 17.1 Å². The first-order chi connectivity index (χ1) is 9.62. The van der Waals surface area contributed by atoms with Gasteiger partial charge in [-0.3, -0.25) is 0 Å². The summed E-state index contributed by atoms with van der Waals surface area (Å²) in [6, 6.07) is 14.7. The van der Waals surface area contributed by atoms with Crippen molar-refractivity contribution in [2.45, 2.75) is 25.8 Å². The highest BCUT2D eigenvalue weighted by Gasteiger charge is 2.23. The van der Waals surface area contributed by atoms with Crippen molar-refractivity contribution in [3.63, 3.8) is 0 Å². The largest absolute Gasteiger partial charge is 0.320 e. The molecule has 1 heterocycles. The third kappa shape index (κ3) is 2.23. The number of fused-ring (bicyclic) bond motifs is 1. The summed E-state index contributed by atoms with van der Waals surface area (Å²) in [6.07, 6.45) is 0.884. The number of aromatic nitrogens is 1. The Morgan fingerprint density at radius 2 is 1.90 bits per heavy atom. The van der Waals surface area contributed by atoms with E-state index in [0.29, 0.717) is 0 Å². The van der Waals surface area contributed by atoms with Gasteiger partial charge < -0.3 is 5.73 Å². The molecule has 0 fully saturated rings. The van der Waals surface area contributed by atoms with Crippen molar-refractivity contribution in [2.75, 3.05) is 0 Å². The molecule has 0 aliphatic heterocycles. The Labute approximate surface area is 123 Å². The Balaban J connectivity index is 2.13. The molecule has 3 rings (SSSR count). The minimum atomic E-state index is -0.340. The molecule has 2 aromatic carbocycles. The fraction of sp³-hybridized carbons (Fsp3) is 0.235. The molecule has 3 aromatic rings. The van der Waals surface area contributed by atoms with Crippen molar-refractivity contribution in [3.05, 3.63) is 52.9 Å². The van der Waals surface area contributed by atoms with Gasteiger partial charge in [-0.1, -0.05) is 49.4 Å². The van der Waals surface area contributed by atoms with Crippen LogP contribution >= 0.6 is 11.3 Å². The minimum Gasteiger partial charge on any atom is -0.320 e. The summed E-state index contributed by atoms with van der Waals surface area (Å²) in [5.41, 5.74) is 8.15. The topological polar surface area (TPSA) is 38.9 Å². The minimum absolute atomic E-state index is 0.340. The molecule has 1 aromatic heterocycles. The molecule has 0 radical (unpaired) electrons. The molecule has 102 valence electrons. The Bertz CT molecular complexity index is 738. The summed E-state index contributed by atoms with van der Waals surface area (Å²) in [5.74, 6) is 0. The highest BCUT2D eigenvalue weighted by Crippen LogP contribution is 2.32. The molecule has 2 N–H and O–H groups in total. The van der Waals surface area contributed by atoms with Crippen LogP contribution < -0.4 is 5.73 Å². The molecule has 1 unspecified atom stereocenters. The van der Waals surface area contributed by atoms with Crippen LogP contribution in [0.4, 0.5) is 0 Å². The first-order valence-electron chi connectivity index (χ1n) is 6.85. The van der Waals surface area contributed by atoms with Gasteiger partial charge in [-0.25, -0.2) is 4.98 Å². The molecule has 2 nitrogen and oxygen atoms in total. The van der Waals surface area contributed by atoms with Gasteiger partial charge in [0.2, 0.25) is 0 Å². The van der Waals surface area contributed by atoms with Crippen LogP contribution in [0.5, 0.6) is 0 Å². The smallest absolute Gasteiger partial charge is 0.113 e. The second kappa shape index (κ2) is 5.00. The summed E-state index contributed by atoms with van der Waals surface area (Å²) in [6.45, 7) is 4.14. The average Bonchev–Trinajstić information content (AvgIpc) is 2.97. The molecule has 0 amide bonds. The summed E-state index contributed by atoms with van der Waals surface area (Å²) in [4.78, 5) is 4.77. The summed E-state index contributed by atoms with van der Waals surface area (Å²) in [7, 11) is 0. The molecule has 3 heteroatoms. The monoisotopic (exact) mass is 282 g/mol. The predicted molar refractivity (Wildman–Crippen MR) is 86.9 cm³/mol. The highest BCUT2D eigenvalue weighted by atomic mass is 32.1. The van der Waals surface area contributed by atoms with Gasteiger partial charge in [-0.2, -0.15) is 0 Å². The first kappa shape index (κ1) is 13.3. The van der Waals surface area contributed by atoms with E-state index in [1.165, 1.54) is 16.3 Å². The zero-order valence-corrected chi connectivity index (χ0v) is 12.6. The van der Waals surface area contributed by atoms with Gasteiger partial charge in [0, 0.05) is 10.9 Å². The van der Waals surface area contributed by atoms with Gasteiger partial charge in [0.05, 0.1) is 11.2 Å². The lowest BCUT2D eigenvalue weighted by Gasteiger charge is -2.19. The van der Waals surface area contributed by atoms with Crippen molar-refractivity contribution in [1.29, 1.82) is 0 Å². The number of hydrogen-bond acceptors (Lipinski definition) is 3. The van der Waals surface area contributed by atoms with E-state index in [9.17, 15) is 0 Å². The lowest BCUT2D eigenvalue weighted by molar-refractivity contribution is 0.474. The van der Waals surface area contributed by atoms with Crippen LogP contribution in [-0.4, -0.2) is 4.98 Å². The zero-order chi connectivity index (χ0) is 14.2. The highest BCUT2D eigenvalue weighted by molar-refractivity contribution is 7.10. The van der Waals surface area contributed by atoms with Crippen molar-refractivity contribution < 1.29 is 0 Å². The third-order valence-electron chi connectivity index (χ3n) is 3.79. The average molecular weight is 282 g/mol. The third-order valence-corrected chi connectivity index (χ3v) is 4.91. The number of nitrogens with zero attached hydrogens (tertiary/aromatic N) is 1. The lowest BCUT2D eigenvalue weighted by Crippen LogP contribution is -2.31. The summed E-state index contributed by atoms with van der Waals surface area (Å²) in [5, 5.41) is 5.59. The van der Waals surface area contributed by atoms with Crippen LogP contribution in [0.2, 0.25) is 0 Å². The van der Waals surface area contributed by atoms with E-state index in [-0.39, 0.29) is 5.54 Å². The van der Waals surface area contributed by atoms with Crippen molar-refractivity contribution >= 4 is 22.1 Å². The standard InChI is InChI=1S/C17H18N2S/c1-3-17(2,18)16-19-15(11-20-16)14-10-6-8-12-7-4-5-9-13(12)14/h4-11H,3,18H2,1-2H3. The normalized spacial score (nSPS) is 14.3. The van der Waals surface area contributed by atoms with Crippen LogP contribution in [-0.2, 0) is 5.54 Å². The fourth-order valence-electron chi connectivity index (χ4n) is 2.26. The lowest BCUT2D eigenvalue weighted by atomic mass is 10.0. The van der Waals surface area contributed by atoms with E-state index in [1.807, 2.05) is 6.92 Å². The Hall–Kier alpha value is -1.71. The molecule has 0 aliphatic carbocycles. The van der Waals surface area contributed by atoms with E-state index in [4.69, 9.17) is 10.7 Å². The van der Waals surface area contributed by atoms with Crippen molar-refractivity contribution in [1.82, 2.24) is 4.98 Å². The molecule has 20 heavy (non-hydrogen) atoms. The number of hydrogen-bond donors (Lipinski definition) is 1. The summed E-state index contributed by atoms with van der Waals surface area (Å²) < 4.78 is 0. The molecular formula is C17H18N2S. The Morgan fingerprint density at radius 3 is 2.70 bits per heavy atom. The van der Waals surface area contributed by atoms with Gasteiger partial charge in [0.25, 0.3) is 0 Å². The van der Waals surface area contributed by atoms with Gasteiger partial charge >= 0.3 is 0 Å². The second-order valence-corrected chi connectivity index (χ2v) is 6.19. The predicted octanol–water partition coefficient (Wildman–Crippen LogP) is 4.55. The van der Waals surface area contributed by atoms with Crippen LogP contribution in [0.1, 0.15) is 25.3 Å². The number of nitrogens with two attached hydrogens (primary N) is 1. The van der Waals surface area contributed by atoms with E-state index < -0.39 is 0 Å². The molecular weight excluding hydrogens is 264 g/mol. The number of thiazole rings is 1. The van der Waals surface area contributed by atoms with Crippen LogP contribution in [0.15, 0.2) is 47.8 Å². The summed E-state index contributed by atoms with van der Waals surface area (Å²) >= 11 is 1.65. The SMILES string of the molecule is CCC(C)(N)c1nc(-c2cccc3ccccc23)cs1. The quantitative estimate of drug-likeness (QED) is 0.765. The molecule has 0 saturated carbocycles.